The third kappa shape index (κ3) is 3.63. The Hall–Kier alpha value is -1.07. The van der Waals surface area contributed by atoms with E-state index in [0.29, 0.717) is 6.54 Å². The van der Waals surface area contributed by atoms with Gasteiger partial charge in [-0.3, -0.25) is 0 Å². The van der Waals surface area contributed by atoms with Gasteiger partial charge in [-0.05, 0) is 37.8 Å². The first-order valence-electron chi connectivity index (χ1n) is 8.47. The molecule has 0 spiro atoms. The zero-order valence-electron chi connectivity index (χ0n) is 13.1. The van der Waals surface area contributed by atoms with Crippen LogP contribution in [0.15, 0.2) is 30.3 Å². The largest absolute Gasteiger partial charge is 0.367 e. The number of hydrogen-bond acceptors (Lipinski definition) is 3. The molecule has 5 heteroatoms. The smallest absolute Gasteiger partial charge is 0.214 e. The first-order chi connectivity index (χ1) is 10.7. The van der Waals surface area contributed by atoms with Gasteiger partial charge in [-0.25, -0.2) is 13.1 Å². The first kappa shape index (κ1) is 15.8. The van der Waals surface area contributed by atoms with Crippen molar-refractivity contribution >= 4 is 15.7 Å². The van der Waals surface area contributed by atoms with Gasteiger partial charge in [0.1, 0.15) is 0 Å². The van der Waals surface area contributed by atoms with Gasteiger partial charge in [0, 0.05) is 24.8 Å². The van der Waals surface area contributed by atoms with Gasteiger partial charge in [0.05, 0.1) is 5.25 Å². The van der Waals surface area contributed by atoms with Crippen LogP contribution in [-0.2, 0) is 10.0 Å². The van der Waals surface area contributed by atoms with Crippen molar-refractivity contribution in [1.29, 1.82) is 0 Å². The lowest BCUT2D eigenvalue weighted by atomic mass is 10.0. The molecule has 1 aromatic rings. The third-order valence-corrected chi connectivity index (χ3v) is 6.89. The van der Waals surface area contributed by atoms with Gasteiger partial charge in [-0.1, -0.05) is 37.5 Å². The van der Waals surface area contributed by atoms with Crippen molar-refractivity contribution in [2.24, 2.45) is 0 Å². The minimum Gasteiger partial charge on any atom is -0.367 e. The Morgan fingerprint density at radius 2 is 1.73 bits per heavy atom. The predicted molar refractivity (Wildman–Crippen MR) is 90.6 cm³/mol. The van der Waals surface area contributed by atoms with E-state index in [-0.39, 0.29) is 11.3 Å². The lowest BCUT2D eigenvalue weighted by Crippen LogP contribution is -2.43. The summed E-state index contributed by atoms with van der Waals surface area (Å²) in [4.78, 5) is 2.34. The van der Waals surface area contributed by atoms with E-state index in [2.05, 4.69) is 21.8 Å². The summed E-state index contributed by atoms with van der Waals surface area (Å²) in [5, 5.41) is -0.173. The molecule has 3 rings (SSSR count). The summed E-state index contributed by atoms with van der Waals surface area (Å²) in [5.41, 5.74) is 1.20. The van der Waals surface area contributed by atoms with Crippen LogP contribution in [0.3, 0.4) is 0 Å². The maximum absolute atomic E-state index is 12.5. The number of rotatable bonds is 5. The molecule has 0 aromatic heterocycles. The highest BCUT2D eigenvalue weighted by Gasteiger charge is 2.30. The molecule has 1 heterocycles. The summed E-state index contributed by atoms with van der Waals surface area (Å²) in [6, 6.07) is 10.6. The highest BCUT2D eigenvalue weighted by atomic mass is 32.2. The zero-order chi connectivity index (χ0) is 15.4. The topological polar surface area (TPSA) is 49.4 Å². The maximum Gasteiger partial charge on any atom is 0.214 e. The van der Waals surface area contributed by atoms with E-state index in [9.17, 15) is 8.42 Å². The molecule has 1 atom stereocenters. The molecule has 1 saturated heterocycles. The molecule has 1 saturated carbocycles. The van der Waals surface area contributed by atoms with Crippen LogP contribution in [0, 0.1) is 0 Å². The Kier molecular flexibility index (Phi) is 5.03. The summed E-state index contributed by atoms with van der Waals surface area (Å²) in [6.45, 7) is 1.55. The normalized spacial score (nSPS) is 23.8. The Bertz CT molecular complexity index is 568. The van der Waals surface area contributed by atoms with Crippen LogP contribution in [0.4, 0.5) is 5.69 Å². The summed E-state index contributed by atoms with van der Waals surface area (Å²) in [5.74, 6) is 0. The predicted octanol–water partition coefficient (Wildman–Crippen LogP) is 2.91. The van der Waals surface area contributed by atoms with Crippen LogP contribution in [0.5, 0.6) is 0 Å². The van der Waals surface area contributed by atoms with E-state index in [1.165, 1.54) is 12.1 Å². The summed E-state index contributed by atoms with van der Waals surface area (Å²) in [6.07, 6.45) is 7.10. The number of nitrogens with zero attached hydrogens (tertiary/aromatic N) is 1. The van der Waals surface area contributed by atoms with Crippen molar-refractivity contribution in [3.8, 4) is 0 Å². The number of benzene rings is 1. The Balaban J connectivity index is 1.60. The molecule has 122 valence electrons. The summed E-state index contributed by atoms with van der Waals surface area (Å²) >= 11 is 0. The average Bonchev–Trinajstić information content (AvgIpc) is 3.03. The second-order valence-corrected chi connectivity index (χ2v) is 8.52. The van der Waals surface area contributed by atoms with Crippen LogP contribution in [0.25, 0.3) is 0 Å². The van der Waals surface area contributed by atoms with Crippen LogP contribution in [0.1, 0.15) is 44.9 Å². The van der Waals surface area contributed by atoms with Gasteiger partial charge in [0.25, 0.3) is 0 Å². The second-order valence-electron chi connectivity index (χ2n) is 6.48. The molecule has 1 aromatic carbocycles. The monoisotopic (exact) mass is 322 g/mol. The fourth-order valence-electron chi connectivity index (χ4n) is 3.71. The lowest BCUT2D eigenvalue weighted by molar-refractivity contribution is 0.475. The SMILES string of the molecule is O=S(=O)(NCC1CCCN1c1ccccc1)C1CCCCC1. The number of nitrogens with one attached hydrogen (secondary N) is 1. The Morgan fingerprint density at radius 3 is 2.45 bits per heavy atom. The fourth-order valence-corrected chi connectivity index (χ4v) is 5.33. The molecule has 1 aliphatic heterocycles. The zero-order valence-corrected chi connectivity index (χ0v) is 13.9. The molecule has 2 aliphatic rings. The van der Waals surface area contributed by atoms with Crippen LogP contribution in [-0.4, -0.2) is 32.8 Å². The summed E-state index contributed by atoms with van der Waals surface area (Å²) in [7, 11) is -3.15. The van der Waals surface area contributed by atoms with Gasteiger partial charge in [0.2, 0.25) is 10.0 Å². The van der Waals surface area contributed by atoms with Crippen LogP contribution < -0.4 is 9.62 Å². The van der Waals surface area contributed by atoms with Gasteiger partial charge in [-0.15, -0.1) is 0 Å². The van der Waals surface area contributed by atoms with Gasteiger partial charge in [-0.2, -0.15) is 0 Å². The van der Waals surface area contributed by atoms with Crippen LogP contribution >= 0.6 is 0 Å². The molecular formula is C17H26N2O2S. The van der Waals surface area contributed by atoms with Crippen molar-refractivity contribution in [3.63, 3.8) is 0 Å². The van der Waals surface area contributed by atoms with Gasteiger partial charge >= 0.3 is 0 Å². The molecule has 4 nitrogen and oxygen atoms in total. The average molecular weight is 322 g/mol. The minimum absolute atomic E-state index is 0.173. The number of hydrogen-bond donors (Lipinski definition) is 1. The van der Waals surface area contributed by atoms with E-state index in [4.69, 9.17) is 0 Å². The molecule has 22 heavy (non-hydrogen) atoms. The van der Waals surface area contributed by atoms with E-state index in [0.717, 1.165) is 45.1 Å². The van der Waals surface area contributed by atoms with Crippen molar-refractivity contribution in [1.82, 2.24) is 4.72 Å². The Labute approximate surface area is 134 Å². The van der Waals surface area contributed by atoms with E-state index in [1.54, 1.807) is 0 Å². The van der Waals surface area contributed by atoms with Crippen molar-refractivity contribution in [3.05, 3.63) is 30.3 Å². The molecule has 1 unspecified atom stereocenters. The second kappa shape index (κ2) is 7.01. The highest BCUT2D eigenvalue weighted by molar-refractivity contribution is 7.90. The molecule has 2 fully saturated rings. The molecule has 0 radical (unpaired) electrons. The van der Waals surface area contributed by atoms with E-state index in [1.807, 2.05) is 18.2 Å². The molecule has 0 bridgehead atoms. The van der Waals surface area contributed by atoms with Crippen molar-refractivity contribution < 1.29 is 8.42 Å². The number of anilines is 1. The van der Waals surface area contributed by atoms with Gasteiger partial charge in [0.15, 0.2) is 0 Å². The molecule has 1 aliphatic carbocycles. The number of sulfonamides is 1. The van der Waals surface area contributed by atoms with E-state index >= 15 is 0 Å². The van der Waals surface area contributed by atoms with E-state index < -0.39 is 10.0 Å². The first-order valence-corrected chi connectivity index (χ1v) is 10.0. The van der Waals surface area contributed by atoms with Crippen molar-refractivity contribution in [2.45, 2.75) is 56.2 Å². The van der Waals surface area contributed by atoms with Crippen LogP contribution in [0.2, 0.25) is 0 Å². The number of para-hydroxylation sites is 1. The standard InChI is InChI=1S/C17H26N2O2S/c20-22(21,17-11-5-2-6-12-17)18-14-16-10-7-13-19(16)15-8-3-1-4-9-15/h1,3-4,8-9,16-18H,2,5-7,10-14H2. The minimum atomic E-state index is -3.15. The molecular weight excluding hydrogens is 296 g/mol. The third-order valence-electron chi connectivity index (χ3n) is 4.98. The quantitative estimate of drug-likeness (QED) is 0.907. The molecule has 1 N–H and O–H groups in total. The molecule has 0 amide bonds. The lowest BCUT2D eigenvalue weighted by Gasteiger charge is -2.28. The fraction of sp³-hybridized carbons (Fsp3) is 0.647. The highest BCUT2D eigenvalue weighted by Crippen LogP contribution is 2.26. The van der Waals surface area contributed by atoms with Crippen molar-refractivity contribution in [2.75, 3.05) is 18.0 Å². The Morgan fingerprint density at radius 1 is 1.00 bits per heavy atom. The van der Waals surface area contributed by atoms with Gasteiger partial charge < -0.3 is 4.90 Å². The maximum atomic E-state index is 12.5. The summed E-state index contributed by atoms with van der Waals surface area (Å²) < 4.78 is 27.8.